The Balaban J connectivity index is -0.00000000225. The van der Waals surface area contributed by atoms with Gasteiger partial charge in [0.25, 0.3) is 0 Å². The fraction of sp³-hybridized carbons (Fsp3) is 0.750. The van der Waals surface area contributed by atoms with Gasteiger partial charge in [0.1, 0.15) is 0 Å². The summed E-state index contributed by atoms with van der Waals surface area (Å²) in [5.41, 5.74) is 0. The van der Waals surface area contributed by atoms with E-state index in [0.717, 1.165) is 0 Å². The van der Waals surface area contributed by atoms with Crippen LogP contribution in [0.4, 0.5) is 0 Å². The fourth-order valence-corrected chi connectivity index (χ4v) is 0. The zero-order chi connectivity index (χ0) is 6.00. The number of hydrogen-bond acceptors (Lipinski definition) is 0. The Morgan fingerprint density at radius 2 is 0.700 bits per heavy atom. The quantitative estimate of drug-likeness (QED) is 0.428. The van der Waals surface area contributed by atoms with Crippen LogP contribution >= 0.6 is 0 Å². The summed E-state index contributed by atoms with van der Waals surface area (Å²) in [6.45, 7) is 14.0. The minimum Gasteiger partial charge on any atom is -0.412 e. The van der Waals surface area contributed by atoms with E-state index >= 15 is 0 Å². The van der Waals surface area contributed by atoms with Crippen LogP contribution < -0.4 is 0 Å². The Morgan fingerprint density at radius 3 is 0.700 bits per heavy atom. The van der Waals surface area contributed by atoms with E-state index in [4.69, 9.17) is 0 Å². The molecule has 10 heavy (non-hydrogen) atoms. The van der Waals surface area contributed by atoms with E-state index in [0.29, 0.717) is 0 Å². The predicted octanol–water partition coefficient (Wildman–Crippen LogP) is 3.15. The van der Waals surface area contributed by atoms with Gasteiger partial charge in [-0.25, -0.2) is 0 Å². The Morgan fingerprint density at radius 1 is 0.700 bits per heavy atom. The molecule has 0 aromatic rings. The minimum absolute atomic E-state index is 0. The molecule has 0 aliphatic rings. The summed E-state index contributed by atoms with van der Waals surface area (Å²) in [6, 6.07) is 0. The first kappa shape index (κ1) is 75.7. The SMILES string of the molecule is C.C.CC.O.[CH2-]C.[CH2-]C.[Zn+2]. The maximum atomic E-state index is 3.25. The molecule has 0 atom stereocenters. The van der Waals surface area contributed by atoms with Gasteiger partial charge in [-0.3, -0.25) is 0 Å². The molecule has 0 aliphatic carbocycles. The van der Waals surface area contributed by atoms with Crippen molar-refractivity contribution < 1.29 is 25.0 Å². The summed E-state index contributed by atoms with van der Waals surface area (Å²) in [6.07, 6.45) is 0. The van der Waals surface area contributed by atoms with Crippen LogP contribution in [0.25, 0.3) is 0 Å². The predicted molar refractivity (Wildman–Crippen MR) is 50.5 cm³/mol. The third kappa shape index (κ3) is 1450. The first-order valence-electron chi connectivity index (χ1n) is 2.41. The second-order valence-electron chi connectivity index (χ2n) is 0. The maximum Gasteiger partial charge on any atom is 2.00 e. The number of hydrogen-bond donors (Lipinski definition) is 0. The van der Waals surface area contributed by atoms with E-state index in [9.17, 15) is 0 Å². The van der Waals surface area contributed by atoms with Crippen LogP contribution in [0, 0.1) is 13.8 Å². The van der Waals surface area contributed by atoms with Crippen molar-refractivity contribution in [1.29, 1.82) is 0 Å². The molecule has 2 heteroatoms. The van der Waals surface area contributed by atoms with Crippen LogP contribution in [-0.4, -0.2) is 5.48 Å². The van der Waals surface area contributed by atoms with Crippen LogP contribution in [0.15, 0.2) is 0 Å². The van der Waals surface area contributed by atoms with E-state index in [1.54, 1.807) is 13.8 Å². The van der Waals surface area contributed by atoms with Gasteiger partial charge in [0.15, 0.2) is 0 Å². The molecule has 0 radical (unpaired) electrons. The molecule has 0 aliphatic heterocycles. The van der Waals surface area contributed by atoms with Crippen molar-refractivity contribution in [2.45, 2.75) is 42.5 Å². The average molecular weight is 204 g/mol. The molecule has 0 aromatic heterocycles. The van der Waals surface area contributed by atoms with Crippen molar-refractivity contribution >= 4 is 0 Å². The summed E-state index contributed by atoms with van der Waals surface area (Å²) < 4.78 is 0. The van der Waals surface area contributed by atoms with Crippen molar-refractivity contribution in [3.05, 3.63) is 13.8 Å². The molecule has 0 bridgehead atoms. The molecule has 0 spiro atoms. The molecule has 0 amide bonds. The van der Waals surface area contributed by atoms with E-state index in [-0.39, 0.29) is 39.8 Å². The summed E-state index contributed by atoms with van der Waals surface area (Å²) in [7, 11) is 0. The molecule has 0 fully saturated rings. The van der Waals surface area contributed by atoms with Gasteiger partial charge in [0.05, 0.1) is 0 Å². The van der Waals surface area contributed by atoms with E-state index in [1.807, 2.05) is 13.8 Å². The minimum atomic E-state index is 0. The van der Waals surface area contributed by atoms with Gasteiger partial charge in [0.2, 0.25) is 0 Å². The monoisotopic (exact) mass is 202 g/mol. The normalized spacial score (nSPS) is 1.80. The number of rotatable bonds is 0. The molecule has 0 saturated heterocycles. The first-order valence-corrected chi connectivity index (χ1v) is 2.41. The summed E-state index contributed by atoms with van der Waals surface area (Å²) in [5, 5.41) is 0. The van der Waals surface area contributed by atoms with E-state index < -0.39 is 0 Å². The molecule has 0 heterocycles. The first-order chi connectivity index (χ1) is 3.00. The van der Waals surface area contributed by atoms with Crippen LogP contribution in [0.3, 0.4) is 0 Å². The molecular formula is C8H26OZn. The van der Waals surface area contributed by atoms with Crippen molar-refractivity contribution in [1.82, 2.24) is 0 Å². The topological polar surface area (TPSA) is 31.5 Å². The average Bonchev–Trinajstić information content (AvgIpc) is 1.81. The summed E-state index contributed by atoms with van der Waals surface area (Å²) in [5.74, 6) is 0. The van der Waals surface area contributed by atoms with Crippen molar-refractivity contribution in [2.75, 3.05) is 0 Å². The summed E-state index contributed by atoms with van der Waals surface area (Å²) >= 11 is 0. The zero-order valence-corrected chi connectivity index (χ0v) is 9.59. The second kappa shape index (κ2) is 2070. The molecule has 0 unspecified atom stereocenters. The van der Waals surface area contributed by atoms with Crippen LogP contribution in [0.1, 0.15) is 42.5 Å². The zero-order valence-electron chi connectivity index (χ0n) is 6.62. The Hall–Kier alpha value is 0.583. The standard InChI is InChI=1S/C2H6.2C2H5.2CH4.H2O.Zn/c3*1-2;;;;/h1-2H3;2*1H2,2H3;2*1H4;1H2;/q;2*-1;;;;+2. The molecule has 2 N–H and O–H groups in total. The Labute approximate surface area is 81.7 Å². The molecule has 0 rings (SSSR count). The fourth-order valence-electron chi connectivity index (χ4n) is 0. The van der Waals surface area contributed by atoms with Crippen molar-refractivity contribution in [3.63, 3.8) is 0 Å². The van der Waals surface area contributed by atoms with Gasteiger partial charge < -0.3 is 19.3 Å². The molecule has 1 nitrogen and oxygen atoms in total. The molecule has 66 valence electrons. The second-order valence-corrected chi connectivity index (χ2v) is 0. The van der Waals surface area contributed by atoms with Crippen LogP contribution in [-0.2, 0) is 19.5 Å². The van der Waals surface area contributed by atoms with E-state index in [2.05, 4.69) is 13.8 Å². The smallest absolute Gasteiger partial charge is 0.412 e. The van der Waals surface area contributed by atoms with Gasteiger partial charge in [-0.15, -0.1) is 0 Å². The summed E-state index contributed by atoms with van der Waals surface area (Å²) in [4.78, 5) is 0. The van der Waals surface area contributed by atoms with Crippen LogP contribution in [0.5, 0.6) is 0 Å². The van der Waals surface area contributed by atoms with Gasteiger partial charge in [-0.05, 0) is 0 Å². The Kier molecular flexibility index (Phi) is 15700. The van der Waals surface area contributed by atoms with Gasteiger partial charge in [-0.2, -0.15) is 13.8 Å². The third-order valence-electron chi connectivity index (χ3n) is 0. The molecule has 0 aromatic carbocycles. The largest absolute Gasteiger partial charge is 2.00 e. The van der Waals surface area contributed by atoms with Crippen molar-refractivity contribution in [3.8, 4) is 0 Å². The van der Waals surface area contributed by atoms with Crippen molar-refractivity contribution in [2.24, 2.45) is 0 Å². The van der Waals surface area contributed by atoms with Gasteiger partial charge in [0, 0.05) is 0 Å². The molecular weight excluding hydrogens is 177 g/mol. The molecule has 0 saturated carbocycles. The third-order valence-corrected chi connectivity index (χ3v) is 0. The van der Waals surface area contributed by atoms with Gasteiger partial charge >= 0.3 is 19.5 Å². The Bertz CT molecular complexity index is 9.22. The maximum absolute atomic E-state index is 3.25. The van der Waals surface area contributed by atoms with Crippen LogP contribution in [0.2, 0.25) is 0 Å². The van der Waals surface area contributed by atoms with E-state index in [1.165, 1.54) is 0 Å². The van der Waals surface area contributed by atoms with Gasteiger partial charge in [-0.1, -0.05) is 28.7 Å².